The molecule has 1 aromatic carbocycles. The number of anilines is 1. The number of aromatic amines is 1. The Morgan fingerprint density at radius 1 is 1.31 bits per heavy atom. The highest BCUT2D eigenvalue weighted by atomic mass is 19.1. The van der Waals surface area contributed by atoms with E-state index in [-0.39, 0.29) is 0 Å². The van der Waals surface area contributed by atoms with Crippen LogP contribution in [0.5, 0.6) is 0 Å². The van der Waals surface area contributed by atoms with Gasteiger partial charge in [0.15, 0.2) is 0 Å². The molecule has 0 aliphatic heterocycles. The second-order valence-electron chi connectivity index (χ2n) is 4.22. The van der Waals surface area contributed by atoms with Crippen LogP contribution in [0.3, 0.4) is 0 Å². The van der Waals surface area contributed by atoms with Gasteiger partial charge in [0.1, 0.15) is 11.5 Å². The van der Waals surface area contributed by atoms with Crippen LogP contribution in [0.15, 0.2) is 30.3 Å². The van der Waals surface area contributed by atoms with Gasteiger partial charge in [-0.1, -0.05) is 24.3 Å². The second-order valence-corrected chi connectivity index (χ2v) is 4.22. The molecule has 2 aromatic rings. The van der Waals surface area contributed by atoms with E-state index in [1.807, 2.05) is 18.2 Å². The summed E-state index contributed by atoms with van der Waals surface area (Å²) >= 11 is 0. The highest BCUT2D eigenvalue weighted by Gasteiger charge is 2.23. The van der Waals surface area contributed by atoms with Gasteiger partial charge in [0.05, 0.1) is 5.69 Å². The predicted octanol–water partition coefficient (Wildman–Crippen LogP) is 2.86. The number of H-pyrrole nitrogens is 1. The number of nitrogen functional groups attached to an aromatic ring is 1. The lowest BCUT2D eigenvalue weighted by atomic mass is 9.93. The van der Waals surface area contributed by atoms with Crippen molar-refractivity contribution in [2.75, 3.05) is 5.73 Å². The van der Waals surface area contributed by atoms with Gasteiger partial charge >= 0.3 is 0 Å². The van der Waals surface area contributed by atoms with E-state index in [0.717, 1.165) is 11.3 Å². The van der Waals surface area contributed by atoms with Gasteiger partial charge in [-0.3, -0.25) is 5.10 Å². The summed E-state index contributed by atoms with van der Waals surface area (Å²) in [5.74, 6) is 0.404. The zero-order chi connectivity index (χ0) is 11.8. The van der Waals surface area contributed by atoms with Gasteiger partial charge in [-0.2, -0.15) is 5.10 Å². The Kier molecular flexibility index (Phi) is 2.42. The van der Waals surface area contributed by atoms with Gasteiger partial charge in [0.2, 0.25) is 0 Å². The lowest BCUT2D eigenvalue weighted by molar-refractivity contribution is 0.222. The van der Waals surface area contributed by atoms with Crippen molar-refractivity contribution in [1.29, 1.82) is 0 Å². The van der Waals surface area contributed by atoms with Gasteiger partial charge in [0, 0.05) is 11.6 Å². The van der Waals surface area contributed by atoms with Crippen molar-refractivity contribution in [2.24, 2.45) is 0 Å². The molecule has 0 saturated heterocycles. The van der Waals surface area contributed by atoms with Crippen molar-refractivity contribution < 1.29 is 4.39 Å². The van der Waals surface area contributed by atoms with Crippen LogP contribution in [-0.4, -0.2) is 10.2 Å². The SMILES string of the molecule is CC(C)(F)c1ccccc1-c1cc(N)n[nH]1. The van der Waals surface area contributed by atoms with E-state index in [2.05, 4.69) is 10.2 Å². The number of halogens is 1. The van der Waals surface area contributed by atoms with Crippen LogP contribution in [0.1, 0.15) is 19.4 Å². The zero-order valence-corrected chi connectivity index (χ0v) is 9.29. The van der Waals surface area contributed by atoms with Gasteiger partial charge < -0.3 is 5.73 Å². The summed E-state index contributed by atoms with van der Waals surface area (Å²) in [6, 6.07) is 9.00. The molecule has 3 nitrogen and oxygen atoms in total. The summed E-state index contributed by atoms with van der Waals surface area (Å²) < 4.78 is 14.0. The molecule has 0 saturated carbocycles. The average molecular weight is 219 g/mol. The number of aromatic nitrogens is 2. The summed E-state index contributed by atoms with van der Waals surface area (Å²) in [7, 11) is 0. The largest absolute Gasteiger partial charge is 0.382 e. The second kappa shape index (κ2) is 3.63. The smallest absolute Gasteiger partial charge is 0.145 e. The molecule has 0 amide bonds. The maximum absolute atomic E-state index is 14.0. The van der Waals surface area contributed by atoms with Crippen molar-refractivity contribution in [3.63, 3.8) is 0 Å². The van der Waals surface area contributed by atoms with E-state index < -0.39 is 5.67 Å². The van der Waals surface area contributed by atoms with Crippen LogP contribution in [0.2, 0.25) is 0 Å². The number of rotatable bonds is 2. The first kappa shape index (κ1) is 10.7. The molecule has 0 bridgehead atoms. The molecule has 0 aliphatic carbocycles. The highest BCUT2D eigenvalue weighted by Crippen LogP contribution is 2.33. The standard InChI is InChI=1S/C12H14FN3/c1-12(2,13)9-6-4-3-5-8(9)10-7-11(14)16-15-10/h3-7H,1-2H3,(H3,14,15,16). The topological polar surface area (TPSA) is 54.7 Å². The summed E-state index contributed by atoms with van der Waals surface area (Å²) in [4.78, 5) is 0. The number of hydrogen-bond donors (Lipinski definition) is 2. The molecule has 16 heavy (non-hydrogen) atoms. The first-order chi connectivity index (χ1) is 7.48. The molecule has 0 unspecified atom stereocenters. The molecule has 0 spiro atoms. The number of nitrogens with two attached hydrogens (primary N) is 1. The quantitative estimate of drug-likeness (QED) is 0.816. The minimum Gasteiger partial charge on any atom is -0.382 e. The monoisotopic (exact) mass is 219 g/mol. The van der Waals surface area contributed by atoms with Crippen LogP contribution in [0.25, 0.3) is 11.3 Å². The highest BCUT2D eigenvalue weighted by molar-refractivity contribution is 5.66. The van der Waals surface area contributed by atoms with E-state index in [1.165, 1.54) is 13.8 Å². The molecule has 0 radical (unpaired) electrons. The van der Waals surface area contributed by atoms with E-state index >= 15 is 0 Å². The lowest BCUT2D eigenvalue weighted by Gasteiger charge is -2.18. The Balaban J connectivity index is 2.57. The Morgan fingerprint density at radius 3 is 2.56 bits per heavy atom. The Bertz CT molecular complexity index is 497. The number of alkyl halides is 1. The third-order valence-electron chi connectivity index (χ3n) is 2.46. The minimum absolute atomic E-state index is 0.404. The normalized spacial score (nSPS) is 11.7. The van der Waals surface area contributed by atoms with Crippen LogP contribution >= 0.6 is 0 Å². The van der Waals surface area contributed by atoms with Crippen LogP contribution in [-0.2, 0) is 5.67 Å². The summed E-state index contributed by atoms with van der Waals surface area (Å²) in [5.41, 5.74) is 6.30. The van der Waals surface area contributed by atoms with Gasteiger partial charge in [-0.15, -0.1) is 0 Å². The summed E-state index contributed by atoms with van der Waals surface area (Å²) in [6.07, 6.45) is 0. The molecule has 0 fully saturated rings. The van der Waals surface area contributed by atoms with Crippen LogP contribution in [0.4, 0.5) is 10.2 Å². The predicted molar refractivity (Wildman–Crippen MR) is 62.6 cm³/mol. The molecule has 84 valence electrons. The lowest BCUT2D eigenvalue weighted by Crippen LogP contribution is -2.10. The van der Waals surface area contributed by atoms with Crippen molar-refractivity contribution in [2.45, 2.75) is 19.5 Å². The van der Waals surface area contributed by atoms with Gasteiger partial charge in [-0.05, 0) is 19.4 Å². The molecular formula is C12H14FN3. The average Bonchev–Trinajstić information content (AvgIpc) is 2.64. The van der Waals surface area contributed by atoms with Crippen molar-refractivity contribution in [3.8, 4) is 11.3 Å². The molecule has 1 aromatic heterocycles. The molecule has 1 heterocycles. The van der Waals surface area contributed by atoms with Crippen molar-refractivity contribution >= 4 is 5.82 Å². The summed E-state index contributed by atoms with van der Waals surface area (Å²) in [6.45, 7) is 3.07. The third kappa shape index (κ3) is 1.91. The van der Waals surface area contributed by atoms with Gasteiger partial charge in [-0.25, -0.2) is 4.39 Å². The number of nitrogens with one attached hydrogen (secondary N) is 1. The fourth-order valence-corrected chi connectivity index (χ4v) is 1.71. The maximum atomic E-state index is 14.0. The minimum atomic E-state index is -1.39. The Labute approximate surface area is 93.5 Å². The van der Waals surface area contributed by atoms with Gasteiger partial charge in [0.25, 0.3) is 0 Å². The van der Waals surface area contributed by atoms with E-state index in [0.29, 0.717) is 11.4 Å². The first-order valence-electron chi connectivity index (χ1n) is 5.08. The summed E-state index contributed by atoms with van der Waals surface area (Å²) in [5, 5.41) is 6.64. The molecular weight excluding hydrogens is 205 g/mol. The molecule has 2 rings (SSSR count). The first-order valence-corrected chi connectivity index (χ1v) is 5.08. The van der Waals surface area contributed by atoms with E-state index in [4.69, 9.17) is 5.73 Å². The third-order valence-corrected chi connectivity index (χ3v) is 2.46. The fraction of sp³-hybridized carbons (Fsp3) is 0.250. The van der Waals surface area contributed by atoms with Crippen molar-refractivity contribution in [3.05, 3.63) is 35.9 Å². The molecule has 4 heteroatoms. The maximum Gasteiger partial charge on any atom is 0.145 e. The van der Waals surface area contributed by atoms with Crippen molar-refractivity contribution in [1.82, 2.24) is 10.2 Å². The number of benzene rings is 1. The van der Waals surface area contributed by atoms with E-state index in [1.54, 1.807) is 12.1 Å². The van der Waals surface area contributed by atoms with E-state index in [9.17, 15) is 4.39 Å². The Morgan fingerprint density at radius 2 is 2.00 bits per heavy atom. The molecule has 0 aliphatic rings. The fourth-order valence-electron chi connectivity index (χ4n) is 1.71. The zero-order valence-electron chi connectivity index (χ0n) is 9.29. The Hall–Kier alpha value is -1.84. The number of hydrogen-bond acceptors (Lipinski definition) is 2. The molecule has 0 atom stereocenters. The van der Waals surface area contributed by atoms with Crippen LogP contribution < -0.4 is 5.73 Å². The van der Waals surface area contributed by atoms with Crippen LogP contribution in [0, 0.1) is 0 Å². The molecule has 3 N–H and O–H groups in total. The number of nitrogens with zero attached hydrogens (tertiary/aromatic N) is 1.